The number of hydrogen-bond donors (Lipinski definition) is 1. The van der Waals surface area contributed by atoms with E-state index in [2.05, 4.69) is 27.6 Å². The molecule has 2 heterocycles. The van der Waals surface area contributed by atoms with Crippen LogP contribution in [0.5, 0.6) is 5.75 Å². The summed E-state index contributed by atoms with van der Waals surface area (Å²) >= 11 is 1.67. The number of rotatable bonds is 4. The molecule has 0 saturated heterocycles. The van der Waals surface area contributed by atoms with Crippen molar-refractivity contribution < 1.29 is 4.74 Å². The minimum Gasteiger partial charge on any atom is -0.497 e. The molecule has 0 aliphatic rings. The second-order valence-corrected chi connectivity index (χ2v) is 5.83. The number of methoxy groups -OCH3 is 1. The van der Waals surface area contributed by atoms with Crippen LogP contribution in [0.1, 0.15) is 23.7 Å². The fraction of sp³-hybridized carbons (Fsp3) is 0.250. The first kappa shape index (κ1) is 13.8. The van der Waals surface area contributed by atoms with Crippen LogP contribution in [0, 0.1) is 6.92 Å². The molecular weight excluding hydrogens is 282 g/mol. The average molecular weight is 299 g/mol. The number of aryl methyl sites for hydroxylation is 1. The summed E-state index contributed by atoms with van der Waals surface area (Å²) in [6.07, 6.45) is 1.81. The van der Waals surface area contributed by atoms with E-state index in [1.807, 2.05) is 37.4 Å². The summed E-state index contributed by atoms with van der Waals surface area (Å²) in [5.74, 6) is 1.72. The van der Waals surface area contributed by atoms with E-state index in [4.69, 9.17) is 4.74 Å². The lowest BCUT2D eigenvalue weighted by Gasteiger charge is -2.14. The zero-order chi connectivity index (χ0) is 14.8. The van der Waals surface area contributed by atoms with Crippen molar-refractivity contribution in [2.75, 3.05) is 12.4 Å². The van der Waals surface area contributed by atoms with E-state index >= 15 is 0 Å². The Balaban J connectivity index is 1.93. The molecule has 108 valence electrons. The summed E-state index contributed by atoms with van der Waals surface area (Å²) in [6.45, 7) is 4.11. The molecule has 3 rings (SSSR count). The number of nitrogens with zero attached hydrogens (tertiary/aromatic N) is 2. The van der Waals surface area contributed by atoms with Gasteiger partial charge in [-0.15, -0.1) is 11.3 Å². The molecule has 1 atom stereocenters. The molecule has 3 aromatic rings. The molecule has 1 unspecified atom stereocenters. The first-order valence-corrected chi connectivity index (χ1v) is 7.66. The Labute approximate surface area is 127 Å². The SMILES string of the molecule is COc1ccc2c(NC(C)c3nc(C)cs3)nccc2c1. The number of hydrogen-bond acceptors (Lipinski definition) is 5. The normalized spacial score (nSPS) is 12.3. The predicted molar refractivity (Wildman–Crippen MR) is 87.2 cm³/mol. The Hall–Kier alpha value is -2.14. The van der Waals surface area contributed by atoms with E-state index in [0.29, 0.717) is 0 Å². The minimum absolute atomic E-state index is 0.129. The Bertz CT molecular complexity index is 769. The maximum atomic E-state index is 5.27. The molecule has 0 fully saturated rings. The zero-order valence-electron chi connectivity index (χ0n) is 12.3. The third-order valence-electron chi connectivity index (χ3n) is 3.33. The number of anilines is 1. The maximum Gasteiger partial charge on any atom is 0.134 e. The summed E-state index contributed by atoms with van der Waals surface area (Å²) in [4.78, 5) is 8.98. The fourth-order valence-corrected chi connectivity index (χ4v) is 3.04. The summed E-state index contributed by atoms with van der Waals surface area (Å²) in [6, 6.07) is 8.11. The molecular formula is C16H17N3OS. The highest BCUT2D eigenvalue weighted by atomic mass is 32.1. The van der Waals surface area contributed by atoms with E-state index in [1.165, 1.54) is 0 Å². The predicted octanol–water partition coefficient (Wildman–Crippen LogP) is 4.18. The van der Waals surface area contributed by atoms with Gasteiger partial charge in [0.1, 0.15) is 16.6 Å². The molecule has 0 amide bonds. The van der Waals surface area contributed by atoms with E-state index < -0.39 is 0 Å². The van der Waals surface area contributed by atoms with Crippen LogP contribution in [0.4, 0.5) is 5.82 Å². The number of pyridine rings is 1. The number of benzene rings is 1. The average Bonchev–Trinajstić information content (AvgIpc) is 2.93. The van der Waals surface area contributed by atoms with E-state index in [9.17, 15) is 0 Å². The molecule has 0 saturated carbocycles. The van der Waals surface area contributed by atoms with Crippen molar-refractivity contribution in [1.82, 2.24) is 9.97 Å². The van der Waals surface area contributed by atoms with Gasteiger partial charge < -0.3 is 10.1 Å². The Morgan fingerprint density at radius 2 is 2.14 bits per heavy atom. The molecule has 0 radical (unpaired) electrons. The highest BCUT2D eigenvalue weighted by Gasteiger charge is 2.12. The largest absolute Gasteiger partial charge is 0.497 e. The van der Waals surface area contributed by atoms with Crippen LogP contribution < -0.4 is 10.1 Å². The van der Waals surface area contributed by atoms with Gasteiger partial charge in [-0.3, -0.25) is 0 Å². The van der Waals surface area contributed by atoms with Crippen LogP contribution >= 0.6 is 11.3 Å². The van der Waals surface area contributed by atoms with Gasteiger partial charge in [-0.1, -0.05) is 0 Å². The van der Waals surface area contributed by atoms with Gasteiger partial charge in [-0.2, -0.15) is 0 Å². The van der Waals surface area contributed by atoms with Crippen LogP contribution in [-0.2, 0) is 0 Å². The highest BCUT2D eigenvalue weighted by molar-refractivity contribution is 7.09. The number of thiazole rings is 1. The van der Waals surface area contributed by atoms with E-state index in [0.717, 1.165) is 33.0 Å². The molecule has 2 aromatic heterocycles. The summed E-state index contributed by atoms with van der Waals surface area (Å²) in [7, 11) is 1.67. The van der Waals surface area contributed by atoms with E-state index in [-0.39, 0.29) is 6.04 Å². The molecule has 1 aromatic carbocycles. The van der Waals surface area contributed by atoms with Gasteiger partial charge in [0, 0.05) is 22.7 Å². The molecule has 5 heteroatoms. The van der Waals surface area contributed by atoms with Crippen LogP contribution in [0.25, 0.3) is 10.8 Å². The highest BCUT2D eigenvalue weighted by Crippen LogP contribution is 2.28. The lowest BCUT2D eigenvalue weighted by molar-refractivity contribution is 0.415. The molecule has 4 nitrogen and oxygen atoms in total. The second kappa shape index (κ2) is 5.69. The Kier molecular flexibility index (Phi) is 3.75. The smallest absolute Gasteiger partial charge is 0.134 e. The van der Waals surface area contributed by atoms with Crippen LogP contribution in [0.3, 0.4) is 0 Å². The molecule has 21 heavy (non-hydrogen) atoms. The number of nitrogens with one attached hydrogen (secondary N) is 1. The summed E-state index contributed by atoms with van der Waals surface area (Å²) < 4.78 is 5.27. The van der Waals surface area contributed by atoms with Gasteiger partial charge in [0.15, 0.2) is 0 Å². The number of ether oxygens (including phenoxy) is 1. The summed E-state index contributed by atoms with van der Waals surface area (Å²) in [5.41, 5.74) is 1.05. The minimum atomic E-state index is 0.129. The Morgan fingerprint density at radius 3 is 2.86 bits per heavy atom. The topological polar surface area (TPSA) is 47.0 Å². The maximum absolute atomic E-state index is 5.27. The van der Waals surface area contributed by atoms with Crippen molar-refractivity contribution in [3.63, 3.8) is 0 Å². The molecule has 0 aliphatic heterocycles. The zero-order valence-corrected chi connectivity index (χ0v) is 13.1. The second-order valence-electron chi connectivity index (χ2n) is 4.94. The van der Waals surface area contributed by atoms with Gasteiger partial charge in [-0.25, -0.2) is 9.97 Å². The van der Waals surface area contributed by atoms with Crippen molar-refractivity contribution in [3.05, 3.63) is 46.5 Å². The van der Waals surface area contributed by atoms with Crippen molar-refractivity contribution >= 4 is 27.9 Å². The monoisotopic (exact) mass is 299 g/mol. The molecule has 0 bridgehead atoms. The third-order valence-corrected chi connectivity index (χ3v) is 4.48. The quantitative estimate of drug-likeness (QED) is 0.785. The first-order valence-electron chi connectivity index (χ1n) is 6.78. The van der Waals surface area contributed by atoms with Crippen molar-refractivity contribution in [1.29, 1.82) is 0 Å². The van der Waals surface area contributed by atoms with Gasteiger partial charge in [0.05, 0.1) is 13.2 Å². The van der Waals surface area contributed by atoms with E-state index in [1.54, 1.807) is 18.4 Å². The fourth-order valence-electron chi connectivity index (χ4n) is 2.24. The molecule has 0 spiro atoms. The van der Waals surface area contributed by atoms with Crippen LogP contribution in [-0.4, -0.2) is 17.1 Å². The Morgan fingerprint density at radius 1 is 1.29 bits per heavy atom. The van der Waals surface area contributed by atoms with Crippen LogP contribution in [0.15, 0.2) is 35.8 Å². The standard InChI is InChI=1S/C16H17N3OS/c1-10-9-21-16(18-10)11(2)19-15-14-5-4-13(20-3)8-12(14)6-7-17-15/h4-9,11H,1-3H3,(H,17,19). The lowest BCUT2D eigenvalue weighted by Crippen LogP contribution is -2.08. The van der Waals surface area contributed by atoms with Gasteiger partial charge >= 0.3 is 0 Å². The van der Waals surface area contributed by atoms with Crippen molar-refractivity contribution in [2.45, 2.75) is 19.9 Å². The summed E-state index contributed by atoms with van der Waals surface area (Å²) in [5, 5.41) is 8.77. The van der Waals surface area contributed by atoms with Crippen molar-refractivity contribution in [2.24, 2.45) is 0 Å². The van der Waals surface area contributed by atoms with Gasteiger partial charge in [0.25, 0.3) is 0 Å². The molecule has 1 N–H and O–H groups in total. The van der Waals surface area contributed by atoms with Crippen molar-refractivity contribution in [3.8, 4) is 5.75 Å². The van der Waals surface area contributed by atoms with Gasteiger partial charge in [-0.05, 0) is 43.5 Å². The number of fused-ring (bicyclic) bond motifs is 1. The number of aromatic nitrogens is 2. The van der Waals surface area contributed by atoms with Crippen LogP contribution in [0.2, 0.25) is 0 Å². The molecule has 0 aliphatic carbocycles. The lowest BCUT2D eigenvalue weighted by atomic mass is 10.1. The van der Waals surface area contributed by atoms with Gasteiger partial charge in [0.2, 0.25) is 0 Å². The third kappa shape index (κ3) is 2.83. The first-order chi connectivity index (χ1) is 10.2.